The Morgan fingerprint density at radius 3 is 2.86 bits per heavy atom. The molecule has 1 aromatic heterocycles. The molecule has 2 saturated heterocycles. The van der Waals surface area contributed by atoms with Crippen LogP contribution < -0.4 is 10.6 Å². The van der Waals surface area contributed by atoms with E-state index in [1.165, 1.54) is 30.8 Å². The van der Waals surface area contributed by atoms with Crippen molar-refractivity contribution in [2.24, 2.45) is 4.99 Å². The average molecular weight is 409 g/mol. The Labute approximate surface area is 173 Å². The van der Waals surface area contributed by atoms with E-state index in [1.54, 1.807) is 0 Å². The highest BCUT2D eigenvalue weighted by Gasteiger charge is 2.24. The first-order valence-electron chi connectivity index (χ1n) is 10.9. The molecule has 2 aliphatic rings. The van der Waals surface area contributed by atoms with Gasteiger partial charge in [-0.25, -0.2) is 0 Å². The molecular weight excluding hydrogens is 372 g/mol. The van der Waals surface area contributed by atoms with Crippen LogP contribution in [0.25, 0.3) is 0 Å². The van der Waals surface area contributed by atoms with Gasteiger partial charge < -0.3 is 20.1 Å². The summed E-state index contributed by atoms with van der Waals surface area (Å²) >= 11 is 1.84. The Balaban J connectivity index is 1.44. The minimum Gasteiger partial charge on any atom is -0.381 e. The maximum absolute atomic E-state index is 5.95. The van der Waals surface area contributed by atoms with Gasteiger partial charge in [0, 0.05) is 37.8 Å². The Kier molecular flexibility index (Phi) is 9.56. The molecule has 0 amide bonds. The summed E-state index contributed by atoms with van der Waals surface area (Å²) in [7, 11) is 0. The molecule has 0 aromatic carbocycles. The molecule has 7 heteroatoms. The zero-order valence-electron chi connectivity index (χ0n) is 17.2. The van der Waals surface area contributed by atoms with E-state index >= 15 is 0 Å². The molecule has 2 aliphatic heterocycles. The summed E-state index contributed by atoms with van der Waals surface area (Å²) in [4.78, 5) is 8.91. The fourth-order valence-corrected chi connectivity index (χ4v) is 4.66. The number of likely N-dealkylation sites (tertiary alicyclic amines) is 1. The SMILES string of the molecule is CCNC(=NCC(c1cccs1)N1CCCC1)NCCCOC1CCOCC1. The van der Waals surface area contributed by atoms with Gasteiger partial charge in [0.1, 0.15) is 0 Å². The number of aliphatic imine (C=N–C) groups is 1. The lowest BCUT2D eigenvalue weighted by Crippen LogP contribution is -2.39. The van der Waals surface area contributed by atoms with Gasteiger partial charge in [0.05, 0.1) is 18.7 Å². The first-order chi connectivity index (χ1) is 13.9. The molecule has 3 rings (SSSR count). The van der Waals surface area contributed by atoms with Crippen molar-refractivity contribution >= 4 is 17.3 Å². The van der Waals surface area contributed by atoms with Gasteiger partial charge in [-0.05, 0) is 63.6 Å². The van der Waals surface area contributed by atoms with E-state index in [0.29, 0.717) is 12.1 Å². The van der Waals surface area contributed by atoms with E-state index < -0.39 is 0 Å². The maximum atomic E-state index is 5.95. The Hall–Kier alpha value is -1.15. The predicted molar refractivity (Wildman–Crippen MR) is 116 cm³/mol. The van der Waals surface area contributed by atoms with Crippen LogP contribution in [0.5, 0.6) is 0 Å². The second-order valence-electron chi connectivity index (χ2n) is 7.46. The van der Waals surface area contributed by atoms with E-state index in [0.717, 1.165) is 64.7 Å². The van der Waals surface area contributed by atoms with Gasteiger partial charge in [-0.2, -0.15) is 0 Å². The van der Waals surface area contributed by atoms with Crippen LogP contribution in [0.15, 0.2) is 22.5 Å². The van der Waals surface area contributed by atoms with E-state index in [2.05, 4.69) is 40.0 Å². The maximum Gasteiger partial charge on any atom is 0.191 e. The Morgan fingerprint density at radius 1 is 1.32 bits per heavy atom. The monoisotopic (exact) mass is 408 g/mol. The molecule has 1 atom stereocenters. The number of guanidine groups is 1. The molecule has 0 bridgehead atoms. The van der Waals surface area contributed by atoms with Gasteiger partial charge in [0.25, 0.3) is 0 Å². The molecular formula is C21H36N4O2S. The molecule has 1 aromatic rings. The molecule has 6 nitrogen and oxygen atoms in total. The van der Waals surface area contributed by atoms with Crippen molar-refractivity contribution in [3.8, 4) is 0 Å². The third-order valence-corrected chi connectivity index (χ3v) is 6.33. The third kappa shape index (κ3) is 7.03. The highest BCUT2D eigenvalue weighted by molar-refractivity contribution is 7.10. The third-order valence-electron chi connectivity index (χ3n) is 5.36. The predicted octanol–water partition coefficient (Wildman–Crippen LogP) is 3.03. The molecule has 2 N–H and O–H groups in total. The Morgan fingerprint density at radius 2 is 2.14 bits per heavy atom. The van der Waals surface area contributed by atoms with Crippen molar-refractivity contribution < 1.29 is 9.47 Å². The fraction of sp³-hybridized carbons (Fsp3) is 0.762. The summed E-state index contributed by atoms with van der Waals surface area (Å²) in [5, 5.41) is 9.02. The van der Waals surface area contributed by atoms with E-state index in [4.69, 9.17) is 14.5 Å². The summed E-state index contributed by atoms with van der Waals surface area (Å²) < 4.78 is 11.3. The summed E-state index contributed by atoms with van der Waals surface area (Å²) in [6.45, 7) is 9.50. The molecule has 0 saturated carbocycles. The van der Waals surface area contributed by atoms with Crippen LogP contribution in [0.4, 0.5) is 0 Å². The number of hydrogen-bond acceptors (Lipinski definition) is 5. The van der Waals surface area contributed by atoms with E-state index in [-0.39, 0.29) is 0 Å². The number of hydrogen-bond donors (Lipinski definition) is 2. The second-order valence-corrected chi connectivity index (χ2v) is 8.44. The summed E-state index contributed by atoms with van der Waals surface area (Å²) in [5.74, 6) is 0.911. The topological polar surface area (TPSA) is 58.1 Å². The van der Waals surface area contributed by atoms with Crippen molar-refractivity contribution in [1.82, 2.24) is 15.5 Å². The Bertz CT molecular complexity index is 555. The number of rotatable bonds is 10. The van der Waals surface area contributed by atoms with Crippen LogP contribution in [0.2, 0.25) is 0 Å². The van der Waals surface area contributed by atoms with Crippen LogP contribution in [-0.4, -0.2) is 69.5 Å². The minimum absolute atomic E-state index is 0.377. The lowest BCUT2D eigenvalue weighted by Gasteiger charge is -2.25. The smallest absolute Gasteiger partial charge is 0.191 e. The molecule has 2 fully saturated rings. The number of nitrogens with one attached hydrogen (secondary N) is 2. The van der Waals surface area contributed by atoms with Crippen molar-refractivity contribution in [3.63, 3.8) is 0 Å². The van der Waals surface area contributed by atoms with Crippen molar-refractivity contribution in [2.45, 2.75) is 51.2 Å². The minimum atomic E-state index is 0.377. The van der Waals surface area contributed by atoms with Gasteiger partial charge in [0.15, 0.2) is 5.96 Å². The summed E-state index contributed by atoms with van der Waals surface area (Å²) in [5.41, 5.74) is 0. The van der Waals surface area contributed by atoms with Crippen LogP contribution in [-0.2, 0) is 9.47 Å². The zero-order chi connectivity index (χ0) is 19.4. The average Bonchev–Trinajstić information content (AvgIpc) is 3.43. The normalized spacial score (nSPS) is 20.4. The van der Waals surface area contributed by atoms with E-state index in [1.807, 2.05) is 11.3 Å². The van der Waals surface area contributed by atoms with Gasteiger partial charge in [-0.1, -0.05) is 6.07 Å². The zero-order valence-corrected chi connectivity index (χ0v) is 18.0. The van der Waals surface area contributed by atoms with Crippen LogP contribution in [0.1, 0.15) is 49.9 Å². The molecule has 0 radical (unpaired) electrons. The van der Waals surface area contributed by atoms with Crippen molar-refractivity contribution in [1.29, 1.82) is 0 Å². The quantitative estimate of drug-likeness (QED) is 0.354. The molecule has 0 aliphatic carbocycles. The van der Waals surface area contributed by atoms with Gasteiger partial charge in [-0.3, -0.25) is 9.89 Å². The second kappa shape index (κ2) is 12.4. The van der Waals surface area contributed by atoms with Gasteiger partial charge in [0.2, 0.25) is 0 Å². The van der Waals surface area contributed by atoms with Gasteiger partial charge >= 0.3 is 0 Å². The summed E-state index contributed by atoms with van der Waals surface area (Å²) in [6, 6.07) is 4.79. The first kappa shape index (κ1) is 21.6. The van der Waals surface area contributed by atoms with Gasteiger partial charge in [-0.15, -0.1) is 11.3 Å². The molecule has 3 heterocycles. The lowest BCUT2D eigenvalue weighted by molar-refractivity contribution is -0.0320. The van der Waals surface area contributed by atoms with Crippen LogP contribution in [0.3, 0.4) is 0 Å². The van der Waals surface area contributed by atoms with Crippen molar-refractivity contribution in [2.75, 3.05) is 52.5 Å². The number of ether oxygens (including phenoxy) is 2. The van der Waals surface area contributed by atoms with Crippen molar-refractivity contribution in [3.05, 3.63) is 22.4 Å². The molecule has 0 spiro atoms. The molecule has 158 valence electrons. The summed E-state index contributed by atoms with van der Waals surface area (Å²) in [6.07, 6.45) is 6.02. The largest absolute Gasteiger partial charge is 0.381 e. The molecule has 1 unspecified atom stereocenters. The number of nitrogens with zero attached hydrogens (tertiary/aromatic N) is 2. The van der Waals surface area contributed by atoms with Crippen LogP contribution >= 0.6 is 11.3 Å². The highest BCUT2D eigenvalue weighted by atomic mass is 32.1. The number of thiophene rings is 1. The highest BCUT2D eigenvalue weighted by Crippen LogP contribution is 2.28. The lowest BCUT2D eigenvalue weighted by atomic mass is 10.1. The molecule has 28 heavy (non-hydrogen) atoms. The van der Waals surface area contributed by atoms with Crippen LogP contribution in [0, 0.1) is 0 Å². The standard InChI is InChI=1S/C21H36N4O2S/c1-2-22-21(23-10-6-13-27-18-8-14-26-15-9-18)24-17-19(20-7-5-16-28-20)25-11-3-4-12-25/h5,7,16,18-19H,2-4,6,8-15,17H2,1H3,(H2,22,23,24). The van der Waals surface area contributed by atoms with E-state index in [9.17, 15) is 0 Å². The first-order valence-corrected chi connectivity index (χ1v) is 11.7. The fourth-order valence-electron chi connectivity index (χ4n) is 3.81.